The molecule has 3 N–H and O–H groups in total. The summed E-state index contributed by atoms with van der Waals surface area (Å²) in [5.74, 6) is -1.87. The van der Waals surface area contributed by atoms with E-state index in [1.807, 2.05) is 0 Å². The molecule has 2 atom stereocenters. The third-order valence-electron chi connectivity index (χ3n) is 6.07. The van der Waals surface area contributed by atoms with Crippen molar-refractivity contribution in [2.75, 3.05) is 25.1 Å². The SMILES string of the molecule is COc1cc(F)c(-c2cc(CO)c(N3CCCC(NC(=O)OC(C)(C)C)(C(O)C(F)F)C3)cn2)cc1F. The predicted molar refractivity (Wildman–Crippen MR) is 128 cm³/mol. The van der Waals surface area contributed by atoms with Crippen LogP contribution in [0.15, 0.2) is 24.4 Å². The molecule has 8 nitrogen and oxygen atoms in total. The zero-order valence-corrected chi connectivity index (χ0v) is 21.0. The topological polar surface area (TPSA) is 104 Å². The summed E-state index contributed by atoms with van der Waals surface area (Å²) in [5.41, 5.74) is -2.18. The molecular formula is C25H31F4N3O5. The maximum absolute atomic E-state index is 14.6. The minimum atomic E-state index is -3.15. The number of aromatic nitrogens is 1. The van der Waals surface area contributed by atoms with Gasteiger partial charge in [-0.15, -0.1) is 0 Å². The van der Waals surface area contributed by atoms with Crippen LogP contribution in [-0.2, 0) is 11.3 Å². The Morgan fingerprint density at radius 1 is 1.24 bits per heavy atom. The van der Waals surface area contributed by atoms with Gasteiger partial charge in [0, 0.05) is 30.3 Å². The maximum Gasteiger partial charge on any atom is 0.408 e. The third-order valence-corrected chi connectivity index (χ3v) is 6.07. The number of hydrogen-bond donors (Lipinski definition) is 3. The number of rotatable bonds is 7. The largest absolute Gasteiger partial charge is 0.494 e. The Morgan fingerprint density at radius 2 is 1.95 bits per heavy atom. The van der Waals surface area contributed by atoms with Crippen LogP contribution in [0.4, 0.5) is 28.0 Å². The molecule has 1 aromatic heterocycles. The summed E-state index contributed by atoms with van der Waals surface area (Å²) in [6.45, 7) is 4.44. The van der Waals surface area contributed by atoms with Gasteiger partial charge in [-0.3, -0.25) is 4.98 Å². The van der Waals surface area contributed by atoms with Crippen molar-refractivity contribution in [1.82, 2.24) is 10.3 Å². The molecule has 1 saturated heterocycles. The molecular weight excluding hydrogens is 498 g/mol. The Balaban J connectivity index is 1.96. The van der Waals surface area contributed by atoms with Crippen molar-refractivity contribution in [3.8, 4) is 17.0 Å². The van der Waals surface area contributed by atoms with E-state index in [9.17, 15) is 32.6 Å². The van der Waals surface area contributed by atoms with E-state index in [4.69, 9.17) is 9.47 Å². The smallest absolute Gasteiger partial charge is 0.408 e. The molecule has 0 bridgehead atoms. The van der Waals surface area contributed by atoms with Gasteiger partial charge in [0.05, 0.1) is 36.8 Å². The van der Waals surface area contributed by atoms with Gasteiger partial charge in [0.2, 0.25) is 0 Å². The summed E-state index contributed by atoms with van der Waals surface area (Å²) < 4.78 is 66.2. The first-order chi connectivity index (χ1) is 17.3. The van der Waals surface area contributed by atoms with Gasteiger partial charge in [-0.25, -0.2) is 22.4 Å². The van der Waals surface area contributed by atoms with Gasteiger partial charge in [0.15, 0.2) is 11.6 Å². The number of hydrogen-bond acceptors (Lipinski definition) is 7. The fourth-order valence-corrected chi connectivity index (χ4v) is 4.38. The fraction of sp³-hybridized carbons (Fsp3) is 0.520. The molecule has 0 spiro atoms. The number of halogens is 4. The molecule has 204 valence electrons. The van der Waals surface area contributed by atoms with Crippen LogP contribution in [0.25, 0.3) is 11.3 Å². The van der Waals surface area contributed by atoms with Gasteiger partial charge in [-0.05, 0) is 45.7 Å². The molecule has 0 saturated carbocycles. The number of pyridine rings is 1. The van der Waals surface area contributed by atoms with Crippen molar-refractivity contribution < 1.29 is 42.0 Å². The molecule has 1 aromatic carbocycles. The van der Waals surface area contributed by atoms with Crippen molar-refractivity contribution in [1.29, 1.82) is 0 Å². The highest BCUT2D eigenvalue weighted by Gasteiger charge is 2.48. The lowest BCUT2D eigenvalue weighted by Gasteiger charge is -2.46. The number of alkyl carbamates (subject to hydrolysis) is 1. The number of ether oxygens (including phenoxy) is 2. The molecule has 2 unspecified atom stereocenters. The van der Waals surface area contributed by atoms with Crippen molar-refractivity contribution in [3.63, 3.8) is 0 Å². The molecule has 3 rings (SSSR count). The number of nitrogens with one attached hydrogen (secondary N) is 1. The number of amides is 1. The van der Waals surface area contributed by atoms with Crippen LogP contribution >= 0.6 is 0 Å². The number of alkyl halides is 2. The second-order valence-electron chi connectivity index (χ2n) is 9.91. The van der Waals surface area contributed by atoms with Gasteiger partial charge in [-0.1, -0.05) is 0 Å². The lowest BCUT2D eigenvalue weighted by molar-refractivity contribution is -0.0664. The first kappa shape index (κ1) is 28.5. The molecule has 12 heteroatoms. The lowest BCUT2D eigenvalue weighted by atomic mass is 9.83. The van der Waals surface area contributed by atoms with Crippen molar-refractivity contribution in [2.45, 2.75) is 63.9 Å². The van der Waals surface area contributed by atoms with E-state index in [0.717, 1.165) is 12.1 Å². The molecule has 1 aliphatic heterocycles. The van der Waals surface area contributed by atoms with Crippen LogP contribution < -0.4 is 15.0 Å². The van der Waals surface area contributed by atoms with Crippen LogP contribution in [-0.4, -0.2) is 65.2 Å². The minimum absolute atomic E-state index is 0.0367. The molecule has 2 heterocycles. The number of aliphatic hydroxyl groups is 2. The zero-order valence-electron chi connectivity index (χ0n) is 21.0. The number of methoxy groups -OCH3 is 1. The van der Waals surface area contributed by atoms with E-state index in [0.29, 0.717) is 18.7 Å². The second-order valence-corrected chi connectivity index (χ2v) is 9.91. The van der Waals surface area contributed by atoms with E-state index in [1.54, 1.807) is 25.7 Å². The van der Waals surface area contributed by atoms with Gasteiger partial charge in [0.1, 0.15) is 17.5 Å². The summed E-state index contributed by atoms with van der Waals surface area (Å²) in [6.07, 6.45) is -4.65. The number of anilines is 1. The minimum Gasteiger partial charge on any atom is -0.494 e. The molecule has 1 fully saturated rings. The van der Waals surface area contributed by atoms with Crippen molar-refractivity contribution in [2.24, 2.45) is 0 Å². The monoisotopic (exact) mass is 529 g/mol. The van der Waals surface area contributed by atoms with Crippen molar-refractivity contribution in [3.05, 3.63) is 41.6 Å². The standard InChI is InChI=1S/C25H31F4N3O5/c1-24(2,3)37-23(35)31-25(21(34)22(28)29)6-5-7-32(13-25)19-11-30-18(8-14(19)12-33)15-9-17(27)20(36-4)10-16(15)26/h8-11,21-22,33-34H,5-7,12-13H2,1-4H3,(H,31,35). The van der Waals surface area contributed by atoms with Gasteiger partial charge in [-0.2, -0.15) is 0 Å². The number of benzene rings is 1. The van der Waals surface area contributed by atoms with Gasteiger partial charge >= 0.3 is 6.09 Å². The summed E-state index contributed by atoms with van der Waals surface area (Å²) in [6, 6.07) is 3.17. The van der Waals surface area contributed by atoms with E-state index in [-0.39, 0.29) is 35.5 Å². The number of piperidine rings is 1. The van der Waals surface area contributed by atoms with Gasteiger partial charge < -0.3 is 29.9 Å². The lowest BCUT2D eigenvalue weighted by Crippen LogP contribution is -2.67. The predicted octanol–water partition coefficient (Wildman–Crippen LogP) is 4.02. The Kier molecular flexibility index (Phi) is 8.53. The third kappa shape index (κ3) is 6.42. The Morgan fingerprint density at radius 3 is 2.54 bits per heavy atom. The first-order valence-corrected chi connectivity index (χ1v) is 11.7. The summed E-state index contributed by atoms with van der Waals surface area (Å²) in [5, 5.41) is 22.9. The summed E-state index contributed by atoms with van der Waals surface area (Å²) in [7, 11) is 1.20. The van der Waals surface area contributed by atoms with Crippen LogP contribution in [0.3, 0.4) is 0 Å². The van der Waals surface area contributed by atoms with E-state index >= 15 is 0 Å². The van der Waals surface area contributed by atoms with E-state index in [2.05, 4.69) is 10.3 Å². The van der Waals surface area contributed by atoms with Crippen molar-refractivity contribution >= 4 is 11.8 Å². The maximum atomic E-state index is 14.6. The number of aliphatic hydroxyl groups excluding tert-OH is 2. The number of nitrogens with zero attached hydrogens (tertiary/aromatic N) is 2. The fourth-order valence-electron chi connectivity index (χ4n) is 4.38. The van der Waals surface area contributed by atoms with Crippen LogP contribution in [0, 0.1) is 11.6 Å². The quantitative estimate of drug-likeness (QED) is 0.466. The highest BCUT2D eigenvalue weighted by atomic mass is 19.3. The number of carbonyl (C=O) groups is 1. The Hall–Kier alpha value is -3.12. The normalized spacial score (nSPS) is 19.1. The van der Waals surface area contributed by atoms with Crippen LogP contribution in [0.5, 0.6) is 5.75 Å². The molecule has 37 heavy (non-hydrogen) atoms. The second kappa shape index (κ2) is 11.1. The summed E-state index contributed by atoms with van der Waals surface area (Å²) >= 11 is 0. The molecule has 0 radical (unpaired) electrons. The average Bonchev–Trinajstić information content (AvgIpc) is 2.83. The highest BCUT2D eigenvalue weighted by molar-refractivity contribution is 5.70. The molecule has 2 aromatic rings. The van der Waals surface area contributed by atoms with Crippen LogP contribution in [0.2, 0.25) is 0 Å². The molecule has 1 aliphatic rings. The van der Waals surface area contributed by atoms with E-state index in [1.165, 1.54) is 19.4 Å². The first-order valence-electron chi connectivity index (χ1n) is 11.7. The molecule has 1 amide bonds. The Labute approximate surface area is 212 Å². The number of carbonyl (C=O) groups excluding carboxylic acids is 1. The zero-order chi connectivity index (χ0) is 27.5. The van der Waals surface area contributed by atoms with E-state index < -0.39 is 48.0 Å². The Bertz CT molecular complexity index is 1130. The molecule has 0 aliphatic carbocycles. The highest BCUT2D eigenvalue weighted by Crippen LogP contribution is 2.35. The average molecular weight is 530 g/mol. The summed E-state index contributed by atoms with van der Waals surface area (Å²) in [4.78, 5) is 18.3. The van der Waals surface area contributed by atoms with Gasteiger partial charge in [0.25, 0.3) is 6.43 Å². The van der Waals surface area contributed by atoms with Crippen LogP contribution in [0.1, 0.15) is 39.2 Å².